The van der Waals surface area contributed by atoms with Crippen LogP contribution in [0.25, 0.3) is 0 Å². The van der Waals surface area contributed by atoms with Gasteiger partial charge in [-0.1, -0.05) is 6.08 Å². The summed E-state index contributed by atoms with van der Waals surface area (Å²) < 4.78 is 9.82. The molecule has 0 N–H and O–H groups in total. The van der Waals surface area contributed by atoms with Crippen LogP contribution in [0.15, 0.2) is 12.7 Å². The predicted molar refractivity (Wildman–Crippen MR) is 25.9 cm³/mol. The average Bonchev–Trinajstić information content (AvgIpc) is 2.14. The molecule has 1 atom stereocenters. The number of hydrogen-bond acceptors (Lipinski definition) is 2. The fourth-order valence-electron chi connectivity index (χ4n) is 0.484. The Hall–Kier alpha value is -0.340. The van der Waals surface area contributed by atoms with Crippen molar-refractivity contribution in [1.29, 1.82) is 0 Å². The summed E-state index contributed by atoms with van der Waals surface area (Å²) >= 11 is 0. The van der Waals surface area contributed by atoms with Crippen molar-refractivity contribution in [1.82, 2.24) is 0 Å². The lowest BCUT2D eigenvalue weighted by Gasteiger charge is -1.93. The van der Waals surface area contributed by atoms with E-state index in [0.717, 1.165) is 0 Å². The molecule has 0 amide bonds. The highest BCUT2D eigenvalue weighted by atomic mass is 16.7. The number of ether oxygens (including phenoxy) is 2. The minimum absolute atomic E-state index is 0.139. The van der Waals surface area contributed by atoms with Crippen molar-refractivity contribution in [3.05, 3.63) is 12.7 Å². The Kier molecular flexibility index (Phi) is 1.44. The zero-order valence-corrected chi connectivity index (χ0v) is 4.09. The van der Waals surface area contributed by atoms with E-state index in [-0.39, 0.29) is 6.10 Å². The smallest absolute Gasteiger partial charge is 0.147 e. The van der Waals surface area contributed by atoms with Gasteiger partial charge in [0.25, 0.3) is 0 Å². The molecule has 1 aliphatic rings. The molecule has 1 aliphatic heterocycles. The fourth-order valence-corrected chi connectivity index (χ4v) is 0.484. The van der Waals surface area contributed by atoms with E-state index in [1.807, 2.05) is 0 Å². The predicted octanol–water partition coefficient (Wildman–Crippen LogP) is 0.545. The molecule has 1 unspecified atom stereocenters. The van der Waals surface area contributed by atoms with Gasteiger partial charge < -0.3 is 9.47 Å². The fraction of sp³-hybridized carbons (Fsp3) is 0.600. The van der Waals surface area contributed by atoms with Gasteiger partial charge >= 0.3 is 0 Å². The second kappa shape index (κ2) is 2.09. The quantitative estimate of drug-likeness (QED) is 0.448. The molecule has 2 nitrogen and oxygen atoms in total. The van der Waals surface area contributed by atoms with Gasteiger partial charge in [-0.05, 0) is 0 Å². The largest absolute Gasteiger partial charge is 0.352 e. The van der Waals surface area contributed by atoms with Crippen molar-refractivity contribution >= 4 is 0 Å². The van der Waals surface area contributed by atoms with Gasteiger partial charge in [0.2, 0.25) is 0 Å². The number of rotatable bonds is 1. The Labute approximate surface area is 42.7 Å². The number of hydrogen-bond donors (Lipinski definition) is 0. The van der Waals surface area contributed by atoms with Crippen molar-refractivity contribution < 1.29 is 9.47 Å². The Morgan fingerprint density at radius 1 is 1.71 bits per heavy atom. The molecule has 1 fully saturated rings. The summed E-state index contributed by atoms with van der Waals surface area (Å²) in [6.07, 6.45) is 1.88. The van der Waals surface area contributed by atoms with E-state index < -0.39 is 0 Å². The van der Waals surface area contributed by atoms with Crippen molar-refractivity contribution in [2.45, 2.75) is 6.10 Å². The van der Waals surface area contributed by atoms with E-state index in [1.54, 1.807) is 6.08 Å². The highest BCUT2D eigenvalue weighted by Gasteiger charge is 2.09. The third-order valence-electron chi connectivity index (χ3n) is 0.910. The van der Waals surface area contributed by atoms with Crippen LogP contribution in [0.1, 0.15) is 0 Å². The molecule has 1 saturated heterocycles. The van der Waals surface area contributed by atoms with Crippen molar-refractivity contribution in [2.75, 3.05) is 13.4 Å². The van der Waals surface area contributed by atoms with Crippen LogP contribution in [0.2, 0.25) is 0 Å². The second-order valence-electron chi connectivity index (χ2n) is 1.43. The van der Waals surface area contributed by atoms with E-state index in [0.29, 0.717) is 13.4 Å². The SMILES string of the molecule is C=CC1COCO1. The maximum Gasteiger partial charge on any atom is 0.147 e. The standard InChI is InChI=1S/C5H8O2/c1-2-5-3-6-4-7-5/h2,5H,1,3-4H2. The Morgan fingerprint density at radius 2 is 2.57 bits per heavy atom. The average molecular weight is 100 g/mol. The molecule has 0 spiro atoms. The van der Waals surface area contributed by atoms with Crippen LogP contribution in [0.3, 0.4) is 0 Å². The summed E-state index contributed by atoms with van der Waals surface area (Å²) in [4.78, 5) is 0. The molecule has 1 rings (SSSR count). The van der Waals surface area contributed by atoms with Gasteiger partial charge in [0.05, 0.1) is 6.61 Å². The first-order valence-electron chi connectivity index (χ1n) is 2.25. The molecular formula is C5H8O2. The monoisotopic (exact) mass is 100 g/mol. The summed E-state index contributed by atoms with van der Waals surface area (Å²) in [6, 6.07) is 0. The summed E-state index contributed by atoms with van der Waals surface area (Å²) in [6.45, 7) is 4.64. The lowest BCUT2D eigenvalue weighted by molar-refractivity contribution is 0.0573. The molecule has 1 heterocycles. The van der Waals surface area contributed by atoms with E-state index >= 15 is 0 Å². The van der Waals surface area contributed by atoms with Gasteiger partial charge in [0.15, 0.2) is 0 Å². The first kappa shape index (κ1) is 4.81. The molecule has 0 aromatic heterocycles. The van der Waals surface area contributed by atoms with Crippen LogP contribution in [0, 0.1) is 0 Å². The maximum atomic E-state index is 4.96. The van der Waals surface area contributed by atoms with E-state index in [9.17, 15) is 0 Å². The van der Waals surface area contributed by atoms with Crippen LogP contribution in [0.4, 0.5) is 0 Å². The summed E-state index contributed by atoms with van der Waals surface area (Å²) in [5.74, 6) is 0. The van der Waals surface area contributed by atoms with Gasteiger partial charge in [-0.15, -0.1) is 6.58 Å². The highest BCUT2D eigenvalue weighted by Crippen LogP contribution is 2.01. The van der Waals surface area contributed by atoms with Crippen LogP contribution in [0.5, 0.6) is 0 Å². The Bertz CT molecular complexity index is 64.5. The van der Waals surface area contributed by atoms with Crippen molar-refractivity contribution in [3.63, 3.8) is 0 Å². The molecule has 0 aromatic rings. The van der Waals surface area contributed by atoms with Crippen molar-refractivity contribution in [3.8, 4) is 0 Å². The molecule has 0 saturated carbocycles. The normalized spacial score (nSPS) is 30.6. The summed E-state index contributed by atoms with van der Waals surface area (Å²) in [5, 5.41) is 0. The van der Waals surface area contributed by atoms with Gasteiger partial charge in [-0.2, -0.15) is 0 Å². The molecule has 2 heteroatoms. The van der Waals surface area contributed by atoms with Gasteiger partial charge in [0.1, 0.15) is 12.9 Å². The summed E-state index contributed by atoms with van der Waals surface area (Å²) in [5.41, 5.74) is 0. The van der Waals surface area contributed by atoms with Crippen LogP contribution in [-0.4, -0.2) is 19.5 Å². The Morgan fingerprint density at radius 3 is 2.86 bits per heavy atom. The molecule has 0 bridgehead atoms. The molecule has 7 heavy (non-hydrogen) atoms. The minimum Gasteiger partial charge on any atom is -0.352 e. The van der Waals surface area contributed by atoms with E-state index in [1.165, 1.54) is 0 Å². The topological polar surface area (TPSA) is 18.5 Å². The third kappa shape index (κ3) is 1.01. The molecule has 0 aliphatic carbocycles. The zero-order valence-electron chi connectivity index (χ0n) is 4.09. The van der Waals surface area contributed by atoms with Crippen LogP contribution >= 0.6 is 0 Å². The highest BCUT2D eigenvalue weighted by molar-refractivity contribution is 4.80. The molecule has 0 radical (unpaired) electrons. The van der Waals surface area contributed by atoms with Gasteiger partial charge in [-0.25, -0.2) is 0 Å². The maximum absolute atomic E-state index is 4.96. The Balaban J connectivity index is 2.26. The molecule has 0 aromatic carbocycles. The molecule has 40 valence electrons. The molecular weight excluding hydrogens is 92.1 g/mol. The van der Waals surface area contributed by atoms with Gasteiger partial charge in [0, 0.05) is 0 Å². The van der Waals surface area contributed by atoms with E-state index in [2.05, 4.69) is 6.58 Å². The first-order valence-corrected chi connectivity index (χ1v) is 2.25. The van der Waals surface area contributed by atoms with Crippen LogP contribution < -0.4 is 0 Å². The van der Waals surface area contributed by atoms with Crippen LogP contribution in [-0.2, 0) is 9.47 Å². The summed E-state index contributed by atoms with van der Waals surface area (Å²) in [7, 11) is 0. The lowest BCUT2D eigenvalue weighted by atomic mass is 10.4. The minimum atomic E-state index is 0.139. The van der Waals surface area contributed by atoms with E-state index in [4.69, 9.17) is 9.47 Å². The lowest BCUT2D eigenvalue weighted by Crippen LogP contribution is -2.02. The van der Waals surface area contributed by atoms with Crippen molar-refractivity contribution in [2.24, 2.45) is 0 Å². The zero-order chi connectivity index (χ0) is 5.11. The van der Waals surface area contributed by atoms with Gasteiger partial charge in [-0.3, -0.25) is 0 Å². The second-order valence-corrected chi connectivity index (χ2v) is 1.43. The third-order valence-corrected chi connectivity index (χ3v) is 0.910. The first-order chi connectivity index (χ1) is 3.43.